The van der Waals surface area contributed by atoms with Gasteiger partial charge in [-0.15, -0.1) is 0 Å². The molecule has 2 rings (SSSR count). The summed E-state index contributed by atoms with van der Waals surface area (Å²) in [6, 6.07) is 11.6. The summed E-state index contributed by atoms with van der Waals surface area (Å²) >= 11 is 3.28. The molecule has 0 bridgehead atoms. The van der Waals surface area contributed by atoms with Gasteiger partial charge in [-0.3, -0.25) is 9.59 Å². The van der Waals surface area contributed by atoms with E-state index >= 15 is 0 Å². The molecule has 0 aliphatic rings. The third-order valence-electron chi connectivity index (χ3n) is 3.09. The summed E-state index contributed by atoms with van der Waals surface area (Å²) < 4.78 is 13.6. The second kappa shape index (κ2) is 7.17. The molecule has 22 heavy (non-hydrogen) atoms. The zero-order valence-electron chi connectivity index (χ0n) is 11.6. The van der Waals surface area contributed by atoms with Crippen molar-refractivity contribution in [1.82, 2.24) is 5.32 Å². The minimum atomic E-state index is -0.864. The zero-order valence-corrected chi connectivity index (χ0v) is 13.1. The highest BCUT2D eigenvalue weighted by Crippen LogP contribution is 2.12. The van der Waals surface area contributed by atoms with Gasteiger partial charge in [-0.2, -0.15) is 0 Å². The smallest absolute Gasteiger partial charge is 0.251 e. The summed E-state index contributed by atoms with van der Waals surface area (Å²) in [5.41, 5.74) is 6.46. The van der Waals surface area contributed by atoms with Crippen molar-refractivity contribution in [2.75, 3.05) is 0 Å². The quantitative estimate of drug-likeness (QED) is 0.854. The summed E-state index contributed by atoms with van der Waals surface area (Å²) in [5, 5.41) is 2.60. The van der Waals surface area contributed by atoms with Crippen LogP contribution in [-0.2, 0) is 11.2 Å². The molecule has 0 heterocycles. The molecule has 0 fully saturated rings. The largest absolute Gasteiger partial charge is 0.368 e. The molecule has 2 amide bonds. The fourth-order valence-corrected chi connectivity index (χ4v) is 2.35. The van der Waals surface area contributed by atoms with E-state index < -0.39 is 17.9 Å². The second-order valence-corrected chi connectivity index (χ2v) is 5.69. The van der Waals surface area contributed by atoms with Gasteiger partial charge in [0, 0.05) is 16.5 Å². The first-order chi connectivity index (χ1) is 10.5. The lowest BCUT2D eigenvalue weighted by molar-refractivity contribution is -0.119. The normalized spacial score (nSPS) is 11.7. The van der Waals surface area contributed by atoms with E-state index in [-0.39, 0.29) is 12.2 Å². The van der Waals surface area contributed by atoms with Crippen LogP contribution < -0.4 is 11.1 Å². The Bertz CT molecular complexity index is 689. The molecule has 0 aromatic heterocycles. The summed E-state index contributed by atoms with van der Waals surface area (Å²) in [6.45, 7) is 0. The number of nitrogens with two attached hydrogens (primary N) is 1. The van der Waals surface area contributed by atoms with Crippen molar-refractivity contribution in [2.24, 2.45) is 5.73 Å². The molecule has 0 unspecified atom stereocenters. The Balaban J connectivity index is 2.10. The summed E-state index contributed by atoms with van der Waals surface area (Å²) in [5.74, 6) is -1.41. The SMILES string of the molecule is NC(=O)[C@H](Cc1ccc(F)cc1)NC(=O)c1cccc(Br)c1. The van der Waals surface area contributed by atoms with Crippen molar-refractivity contribution in [3.63, 3.8) is 0 Å². The minimum absolute atomic E-state index is 0.204. The van der Waals surface area contributed by atoms with Crippen molar-refractivity contribution < 1.29 is 14.0 Å². The predicted octanol–water partition coefficient (Wildman–Crippen LogP) is 2.41. The first-order valence-electron chi connectivity index (χ1n) is 6.56. The van der Waals surface area contributed by atoms with E-state index in [2.05, 4.69) is 21.2 Å². The zero-order chi connectivity index (χ0) is 16.1. The van der Waals surface area contributed by atoms with E-state index in [1.54, 1.807) is 36.4 Å². The van der Waals surface area contributed by atoms with Crippen LogP contribution in [0.1, 0.15) is 15.9 Å². The number of halogens is 2. The maximum atomic E-state index is 12.9. The molecule has 2 aromatic carbocycles. The van der Waals surface area contributed by atoms with Crippen LogP contribution in [0.15, 0.2) is 53.0 Å². The number of primary amides is 1. The number of carbonyl (C=O) groups is 2. The van der Waals surface area contributed by atoms with Crippen LogP contribution in [0, 0.1) is 5.82 Å². The molecule has 4 nitrogen and oxygen atoms in total. The average molecular weight is 365 g/mol. The van der Waals surface area contributed by atoms with Gasteiger partial charge in [0.25, 0.3) is 5.91 Å². The lowest BCUT2D eigenvalue weighted by Gasteiger charge is -2.15. The fourth-order valence-electron chi connectivity index (χ4n) is 1.95. The van der Waals surface area contributed by atoms with Crippen LogP contribution in [0.3, 0.4) is 0 Å². The molecule has 0 radical (unpaired) electrons. The van der Waals surface area contributed by atoms with Gasteiger partial charge < -0.3 is 11.1 Å². The summed E-state index contributed by atoms with van der Waals surface area (Å²) in [6.07, 6.45) is 0.204. The van der Waals surface area contributed by atoms with E-state index in [1.165, 1.54) is 12.1 Å². The molecular weight excluding hydrogens is 351 g/mol. The van der Waals surface area contributed by atoms with Crippen LogP contribution in [0.2, 0.25) is 0 Å². The van der Waals surface area contributed by atoms with Gasteiger partial charge in [-0.25, -0.2) is 4.39 Å². The Morgan fingerprint density at radius 3 is 2.45 bits per heavy atom. The van der Waals surface area contributed by atoms with Crippen molar-refractivity contribution in [2.45, 2.75) is 12.5 Å². The number of carbonyl (C=O) groups excluding carboxylic acids is 2. The summed E-state index contributed by atoms with van der Waals surface area (Å²) in [4.78, 5) is 23.7. The maximum absolute atomic E-state index is 12.9. The average Bonchev–Trinajstić information content (AvgIpc) is 2.48. The fraction of sp³-hybridized carbons (Fsp3) is 0.125. The van der Waals surface area contributed by atoms with Crippen molar-refractivity contribution in [1.29, 1.82) is 0 Å². The summed E-state index contributed by atoms with van der Waals surface area (Å²) in [7, 11) is 0. The Hall–Kier alpha value is -2.21. The molecular formula is C16H14BrFN2O2. The number of hydrogen-bond donors (Lipinski definition) is 2. The predicted molar refractivity (Wildman–Crippen MR) is 84.7 cm³/mol. The number of benzene rings is 2. The molecule has 0 aliphatic carbocycles. The van der Waals surface area contributed by atoms with Crippen molar-refractivity contribution in [3.8, 4) is 0 Å². The monoisotopic (exact) mass is 364 g/mol. The van der Waals surface area contributed by atoms with Gasteiger partial charge in [0.2, 0.25) is 5.91 Å². The van der Waals surface area contributed by atoms with Crippen molar-refractivity contribution >= 4 is 27.7 Å². The van der Waals surface area contributed by atoms with Crippen LogP contribution in [0.5, 0.6) is 0 Å². The molecule has 1 atom stereocenters. The van der Waals surface area contributed by atoms with Crippen LogP contribution >= 0.6 is 15.9 Å². The number of hydrogen-bond acceptors (Lipinski definition) is 2. The topological polar surface area (TPSA) is 72.2 Å². The third kappa shape index (κ3) is 4.39. The van der Waals surface area contributed by atoms with E-state index in [1.807, 2.05) is 0 Å². The molecule has 0 saturated heterocycles. The van der Waals surface area contributed by atoms with E-state index in [9.17, 15) is 14.0 Å². The highest BCUT2D eigenvalue weighted by Gasteiger charge is 2.19. The molecule has 0 saturated carbocycles. The van der Waals surface area contributed by atoms with Gasteiger partial charge >= 0.3 is 0 Å². The van der Waals surface area contributed by atoms with Crippen LogP contribution in [0.25, 0.3) is 0 Å². The van der Waals surface area contributed by atoms with Crippen LogP contribution in [0.4, 0.5) is 4.39 Å². The maximum Gasteiger partial charge on any atom is 0.251 e. The number of amides is 2. The third-order valence-corrected chi connectivity index (χ3v) is 3.58. The highest BCUT2D eigenvalue weighted by atomic mass is 79.9. The Morgan fingerprint density at radius 2 is 1.86 bits per heavy atom. The Kier molecular flexibility index (Phi) is 5.27. The Labute approximate surface area is 135 Å². The first kappa shape index (κ1) is 16.2. The van der Waals surface area contributed by atoms with E-state index in [0.29, 0.717) is 11.1 Å². The van der Waals surface area contributed by atoms with Gasteiger partial charge in [0.05, 0.1) is 0 Å². The molecule has 114 valence electrons. The van der Waals surface area contributed by atoms with Crippen molar-refractivity contribution in [3.05, 3.63) is 69.9 Å². The molecule has 6 heteroatoms. The molecule has 0 aliphatic heterocycles. The Morgan fingerprint density at radius 1 is 1.18 bits per heavy atom. The number of nitrogens with one attached hydrogen (secondary N) is 1. The number of rotatable bonds is 5. The van der Waals surface area contributed by atoms with Crippen LogP contribution in [-0.4, -0.2) is 17.9 Å². The van der Waals surface area contributed by atoms with Gasteiger partial charge in [0.1, 0.15) is 11.9 Å². The van der Waals surface area contributed by atoms with E-state index in [0.717, 1.165) is 4.47 Å². The molecule has 2 aromatic rings. The minimum Gasteiger partial charge on any atom is -0.368 e. The molecule has 3 N–H and O–H groups in total. The van der Waals surface area contributed by atoms with E-state index in [4.69, 9.17) is 5.73 Å². The second-order valence-electron chi connectivity index (χ2n) is 4.77. The highest BCUT2D eigenvalue weighted by molar-refractivity contribution is 9.10. The lowest BCUT2D eigenvalue weighted by Crippen LogP contribution is -2.45. The lowest BCUT2D eigenvalue weighted by atomic mass is 10.0. The van der Waals surface area contributed by atoms with Gasteiger partial charge in [-0.05, 0) is 35.9 Å². The van der Waals surface area contributed by atoms with Gasteiger partial charge in [0.15, 0.2) is 0 Å². The molecule has 0 spiro atoms. The van der Waals surface area contributed by atoms with Gasteiger partial charge in [-0.1, -0.05) is 34.1 Å². The standard InChI is InChI=1S/C16H14BrFN2O2/c17-12-3-1-2-11(9-12)16(22)20-14(15(19)21)8-10-4-6-13(18)7-5-10/h1-7,9,14H,8H2,(H2,19,21)(H,20,22)/t14-/m0/s1. The first-order valence-corrected chi connectivity index (χ1v) is 7.35.